The van der Waals surface area contributed by atoms with Gasteiger partial charge in [0.1, 0.15) is 0 Å². The summed E-state index contributed by atoms with van der Waals surface area (Å²) in [6.45, 7) is 7.52. The van der Waals surface area contributed by atoms with Crippen LogP contribution in [0.4, 0.5) is 13.2 Å². The molecule has 0 aliphatic heterocycles. The summed E-state index contributed by atoms with van der Waals surface area (Å²) in [6.07, 6.45) is -4.29. The van der Waals surface area contributed by atoms with Crippen LogP contribution in [0.5, 0.6) is 0 Å². The summed E-state index contributed by atoms with van der Waals surface area (Å²) in [4.78, 5) is 0. The Labute approximate surface area is 116 Å². The molecule has 0 amide bonds. The lowest BCUT2D eigenvalue weighted by atomic mass is 10.0. The van der Waals surface area contributed by atoms with E-state index in [4.69, 9.17) is 16.3 Å². The van der Waals surface area contributed by atoms with Crippen LogP contribution in [-0.2, 0) is 17.3 Å². The molecular formula is C14H18ClF3O. The van der Waals surface area contributed by atoms with Gasteiger partial charge in [-0.2, -0.15) is 13.2 Å². The lowest BCUT2D eigenvalue weighted by Gasteiger charge is -2.25. The van der Waals surface area contributed by atoms with Gasteiger partial charge in [0, 0.05) is 0 Å². The number of alkyl halides is 3. The number of ether oxygens (including phenoxy) is 1. The Morgan fingerprint density at radius 1 is 1.21 bits per heavy atom. The summed E-state index contributed by atoms with van der Waals surface area (Å²) in [5, 5.41) is -0.237. The van der Waals surface area contributed by atoms with E-state index in [1.54, 1.807) is 6.07 Å². The summed E-state index contributed by atoms with van der Waals surface area (Å²) in [5.41, 5.74) is -0.684. The molecular weight excluding hydrogens is 277 g/mol. The second-order valence-corrected chi connectivity index (χ2v) is 5.90. The lowest BCUT2D eigenvalue weighted by Crippen LogP contribution is -2.27. The van der Waals surface area contributed by atoms with E-state index < -0.39 is 11.7 Å². The minimum atomic E-state index is -4.43. The van der Waals surface area contributed by atoms with Gasteiger partial charge < -0.3 is 4.74 Å². The molecule has 0 saturated carbocycles. The van der Waals surface area contributed by atoms with Crippen LogP contribution >= 0.6 is 11.6 Å². The summed E-state index contributed by atoms with van der Waals surface area (Å²) in [6, 6.07) is 3.95. The standard InChI is InChI=1S/C14H18ClF3O/c1-9(19-13(2,3)4)8-10-6-5-7-11(12(10)15)14(16,17)18/h5-7,9H,8H2,1-4H3. The van der Waals surface area contributed by atoms with Gasteiger partial charge in [-0.25, -0.2) is 0 Å². The predicted octanol–water partition coefficient (Wildman–Crippen LogP) is 5.10. The smallest absolute Gasteiger partial charge is 0.373 e. The Balaban J connectivity index is 2.91. The first-order valence-corrected chi connectivity index (χ1v) is 6.41. The topological polar surface area (TPSA) is 9.23 Å². The van der Waals surface area contributed by atoms with E-state index in [9.17, 15) is 13.2 Å². The minimum Gasteiger partial charge on any atom is -0.373 e. The lowest BCUT2D eigenvalue weighted by molar-refractivity contribution is -0.137. The second kappa shape index (κ2) is 5.71. The number of benzene rings is 1. The van der Waals surface area contributed by atoms with Crippen molar-refractivity contribution in [2.45, 2.75) is 52.0 Å². The molecule has 0 aliphatic rings. The molecule has 5 heteroatoms. The van der Waals surface area contributed by atoms with Crippen LogP contribution in [0.3, 0.4) is 0 Å². The molecule has 0 heterocycles. The van der Waals surface area contributed by atoms with E-state index in [0.717, 1.165) is 6.07 Å². The Bertz CT molecular complexity index is 435. The summed E-state index contributed by atoms with van der Waals surface area (Å²) in [7, 11) is 0. The van der Waals surface area contributed by atoms with Crippen molar-refractivity contribution in [3.05, 3.63) is 34.3 Å². The normalized spacial score (nSPS) is 14.5. The number of rotatable bonds is 3. The fourth-order valence-corrected chi connectivity index (χ4v) is 2.22. The van der Waals surface area contributed by atoms with E-state index in [2.05, 4.69) is 0 Å². The van der Waals surface area contributed by atoms with Gasteiger partial charge in [0.25, 0.3) is 0 Å². The van der Waals surface area contributed by atoms with Gasteiger partial charge >= 0.3 is 6.18 Å². The molecule has 0 bridgehead atoms. The van der Waals surface area contributed by atoms with Gasteiger partial charge in [-0.15, -0.1) is 0 Å². The first-order valence-electron chi connectivity index (χ1n) is 6.03. The van der Waals surface area contributed by atoms with Crippen LogP contribution in [0.2, 0.25) is 5.02 Å². The SMILES string of the molecule is CC(Cc1cccc(C(F)(F)F)c1Cl)OC(C)(C)C. The Kier molecular flexibility index (Phi) is 4.91. The summed E-state index contributed by atoms with van der Waals surface area (Å²) in [5.74, 6) is 0. The predicted molar refractivity (Wildman–Crippen MR) is 70.5 cm³/mol. The third-order valence-electron chi connectivity index (χ3n) is 2.45. The third kappa shape index (κ3) is 5.03. The van der Waals surface area contributed by atoms with E-state index in [1.165, 1.54) is 6.07 Å². The van der Waals surface area contributed by atoms with Crippen molar-refractivity contribution in [3.63, 3.8) is 0 Å². The van der Waals surface area contributed by atoms with Gasteiger partial charge in [0.15, 0.2) is 0 Å². The van der Waals surface area contributed by atoms with Crippen LogP contribution < -0.4 is 0 Å². The van der Waals surface area contributed by atoms with Gasteiger partial charge in [-0.05, 0) is 45.7 Å². The zero-order chi connectivity index (χ0) is 14.8. The van der Waals surface area contributed by atoms with E-state index in [-0.39, 0.29) is 16.7 Å². The van der Waals surface area contributed by atoms with Crippen LogP contribution in [-0.4, -0.2) is 11.7 Å². The molecule has 1 nitrogen and oxygen atoms in total. The molecule has 1 unspecified atom stereocenters. The zero-order valence-corrected chi connectivity index (χ0v) is 12.2. The highest BCUT2D eigenvalue weighted by atomic mass is 35.5. The Morgan fingerprint density at radius 2 is 1.79 bits per heavy atom. The molecule has 1 rings (SSSR count). The molecule has 0 saturated heterocycles. The van der Waals surface area contributed by atoms with Gasteiger partial charge in [-0.1, -0.05) is 23.7 Å². The van der Waals surface area contributed by atoms with Crippen molar-refractivity contribution in [2.24, 2.45) is 0 Å². The number of hydrogen-bond donors (Lipinski definition) is 0. The van der Waals surface area contributed by atoms with Crippen molar-refractivity contribution < 1.29 is 17.9 Å². The van der Waals surface area contributed by atoms with E-state index >= 15 is 0 Å². The van der Waals surface area contributed by atoms with Crippen molar-refractivity contribution in [1.29, 1.82) is 0 Å². The number of hydrogen-bond acceptors (Lipinski definition) is 1. The second-order valence-electron chi connectivity index (χ2n) is 5.52. The fourth-order valence-electron chi connectivity index (χ4n) is 1.91. The molecule has 0 aliphatic carbocycles. The maximum absolute atomic E-state index is 12.7. The fraction of sp³-hybridized carbons (Fsp3) is 0.571. The van der Waals surface area contributed by atoms with E-state index in [0.29, 0.717) is 12.0 Å². The molecule has 0 radical (unpaired) electrons. The highest BCUT2D eigenvalue weighted by Gasteiger charge is 2.34. The summed E-state index contributed by atoms with van der Waals surface area (Å²) >= 11 is 5.83. The molecule has 1 atom stereocenters. The van der Waals surface area contributed by atoms with Crippen molar-refractivity contribution in [3.8, 4) is 0 Å². The quantitative estimate of drug-likeness (QED) is 0.753. The van der Waals surface area contributed by atoms with Crippen LogP contribution in [0, 0.1) is 0 Å². The Morgan fingerprint density at radius 3 is 2.26 bits per heavy atom. The van der Waals surface area contributed by atoms with Crippen LogP contribution in [0.25, 0.3) is 0 Å². The average Bonchev–Trinajstić information content (AvgIpc) is 2.16. The van der Waals surface area contributed by atoms with Crippen molar-refractivity contribution in [2.75, 3.05) is 0 Å². The zero-order valence-electron chi connectivity index (χ0n) is 11.4. The highest BCUT2D eigenvalue weighted by Crippen LogP contribution is 2.36. The highest BCUT2D eigenvalue weighted by molar-refractivity contribution is 6.32. The third-order valence-corrected chi connectivity index (χ3v) is 2.89. The summed E-state index contributed by atoms with van der Waals surface area (Å²) < 4.78 is 43.8. The van der Waals surface area contributed by atoms with Crippen molar-refractivity contribution in [1.82, 2.24) is 0 Å². The maximum atomic E-state index is 12.7. The largest absolute Gasteiger partial charge is 0.417 e. The van der Waals surface area contributed by atoms with Gasteiger partial charge in [-0.3, -0.25) is 0 Å². The first kappa shape index (κ1) is 16.3. The molecule has 0 N–H and O–H groups in total. The molecule has 0 spiro atoms. The van der Waals surface area contributed by atoms with Crippen molar-refractivity contribution >= 4 is 11.6 Å². The van der Waals surface area contributed by atoms with Crippen LogP contribution in [0.15, 0.2) is 18.2 Å². The van der Waals surface area contributed by atoms with E-state index in [1.807, 2.05) is 27.7 Å². The maximum Gasteiger partial charge on any atom is 0.417 e. The first-order chi connectivity index (χ1) is 8.50. The monoisotopic (exact) mass is 294 g/mol. The molecule has 1 aromatic rings. The molecule has 108 valence electrons. The number of halogens is 4. The average molecular weight is 295 g/mol. The Hall–Kier alpha value is -0.740. The van der Waals surface area contributed by atoms with Gasteiger partial charge in [0.05, 0.1) is 22.3 Å². The molecule has 0 aromatic heterocycles. The minimum absolute atomic E-state index is 0.207. The van der Waals surface area contributed by atoms with Gasteiger partial charge in [0.2, 0.25) is 0 Å². The van der Waals surface area contributed by atoms with Crippen LogP contribution in [0.1, 0.15) is 38.8 Å². The molecule has 0 fully saturated rings. The molecule has 1 aromatic carbocycles. The molecule has 19 heavy (non-hydrogen) atoms.